The lowest BCUT2D eigenvalue weighted by molar-refractivity contribution is -0.0768. The first kappa shape index (κ1) is 12.9. The van der Waals surface area contributed by atoms with Crippen molar-refractivity contribution in [1.82, 2.24) is 0 Å². The van der Waals surface area contributed by atoms with Crippen molar-refractivity contribution in [2.45, 2.75) is 81.5 Å². The van der Waals surface area contributed by atoms with Crippen molar-refractivity contribution in [2.24, 2.45) is 5.73 Å². The van der Waals surface area contributed by atoms with Crippen LogP contribution in [0.1, 0.15) is 64.2 Å². The van der Waals surface area contributed by atoms with Crippen molar-refractivity contribution in [3.8, 4) is 0 Å². The SMILES string of the molecule is NC1(CC2CCC3(CCCCC3)O2)CCOCC1. The predicted octanol–water partition coefficient (Wildman–Crippen LogP) is 2.77. The summed E-state index contributed by atoms with van der Waals surface area (Å²) in [6.45, 7) is 1.66. The lowest BCUT2D eigenvalue weighted by atomic mass is 9.82. The summed E-state index contributed by atoms with van der Waals surface area (Å²) in [6, 6.07) is 0. The Morgan fingerprint density at radius 3 is 2.39 bits per heavy atom. The fraction of sp³-hybridized carbons (Fsp3) is 1.00. The molecule has 1 spiro atoms. The Balaban J connectivity index is 1.55. The van der Waals surface area contributed by atoms with Gasteiger partial charge in [-0.15, -0.1) is 0 Å². The molecule has 3 rings (SSSR count). The highest BCUT2D eigenvalue weighted by molar-refractivity contribution is 4.96. The standard InChI is InChI=1S/C15H27NO2/c16-14(8-10-17-11-9-14)12-13-4-7-15(18-13)5-2-1-3-6-15/h13H,1-12,16H2. The van der Waals surface area contributed by atoms with Crippen molar-refractivity contribution >= 4 is 0 Å². The number of hydrogen-bond acceptors (Lipinski definition) is 3. The second kappa shape index (κ2) is 5.10. The molecule has 3 nitrogen and oxygen atoms in total. The molecule has 3 heteroatoms. The smallest absolute Gasteiger partial charge is 0.0687 e. The summed E-state index contributed by atoms with van der Waals surface area (Å²) in [5.74, 6) is 0. The normalized spacial score (nSPS) is 34.8. The van der Waals surface area contributed by atoms with Gasteiger partial charge in [-0.25, -0.2) is 0 Å². The van der Waals surface area contributed by atoms with Crippen LogP contribution in [0, 0.1) is 0 Å². The molecule has 1 unspecified atom stereocenters. The summed E-state index contributed by atoms with van der Waals surface area (Å²) in [5, 5.41) is 0. The van der Waals surface area contributed by atoms with Crippen molar-refractivity contribution in [3.63, 3.8) is 0 Å². The molecular formula is C15H27NO2. The first-order valence-electron chi connectivity index (χ1n) is 7.74. The Morgan fingerprint density at radius 1 is 0.944 bits per heavy atom. The van der Waals surface area contributed by atoms with E-state index >= 15 is 0 Å². The van der Waals surface area contributed by atoms with Crippen molar-refractivity contribution < 1.29 is 9.47 Å². The minimum absolute atomic E-state index is 0.0247. The van der Waals surface area contributed by atoms with Crippen LogP contribution in [-0.2, 0) is 9.47 Å². The van der Waals surface area contributed by atoms with E-state index in [1.165, 1.54) is 44.9 Å². The quantitative estimate of drug-likeness (QED) is 0.823. The van der Waals surface area contributed by atoms with Gasteiger partial charge in [-0.2, -0.15) is 0 Å². The van der Waals surface area contributed by atoms with E-state index < -0.39 is 0 Å². The van der Waals surface area contributed by atoms with Crippen LogP contribution < -0.4 is 5.73 Å². The van der Waals surface area contributed by atoms with E-state index in [1.54, 1.807) is 0 Å². The lowest BCUT2D eigenvalue weighted by Crippen LogP contribution is -2.47. The van der Waals surface area contributed by atoms with Gasteiger partial charge >= 0.3 is 0 Å². The Bertz CT molecular complexity index is 280. The number of rotatable bonds is 2. The fourth-order valence-electron chi connectivity index (χ4n) is 4.04. The second-order valence-corrected chi connectivity index (χ2v) is 6.70. The van der Waals surface area contributed by atoms with Gasteiger partial charge in [0.25, 0.3) is 0 Å². The minimum Gasteiger partial charge on any atom is -0.381 e. The first-order valence-corrected chi connectivity index (χ1v) is 7.74. The van der Waals surface area contributed by atoms with Crippen LogP contribution in [0.15, 0.2) is 0 Å². The van der Waals surface area contributed by atoms with Crippen LogP contribution in [0.25, 0.3) is 0 Å². The fourth-order valence-corrected chi connectivity index (χ4v) is 4.04. The van der Waals surface area contributed by atoms with E-state index in [4.69, 9.17) is 15.2 Å². The zero-order valence-electron chi connectivity index (χ0n) is 11.5. The minimum atomic E-state index is -0.0247. The van der Waals surface area contributed by atoms with Gasteiger partial charge in [0.1, 0.15) is 0 Å². The summed E-state index contributed by atoms with van der Waals surface area (Å²) >= 11 is 0. The zero-order valence-corrected chi connectivity index (χ0v) is 11.5. The summed E-state index contributed by atoms with van der Waals surface area (Å²) < 4.78 is 11.9. The monoisotopic (exact) mass is 253 g/mol. The highest BCUT2D eigenvalue weighted by Crippen LogP contribution is 2.44. The Morgan fingerprint density at radius 2 is 1.67 bits per heavy atom. The van der Waals surface area contributed by atoms with Crippen LogP contribution in [0.3, 0.4) is 0 Å². The molecule has 2 heterocycles. The maximum Gasteiger partial charge on any atom is 0.0687 e. The average molecular weight is 253 g/mol. The van der Waals surface area contributed by atoms with E-state index in [-0.39, 0.29) is 11.1 Å². The predicted molar refractivity (Wildman–Crippen MR) is 71.5 cm³/mol. The molecule has 18 heavy (non-hydrogen) atoms. The van der Waals surface area contributed by atoms with Gasteiger partial charge in [-0.1, -0.05) is 19.3 Å². The summed E-state index contributed by atoms with van der Waals surface area (Å²) in [6.07, 6.45) is 12.6. The van der Waals surface area contributed by atoms with Gasteiger partial charge in [0.15, 0.2) is 0 Å². The third kappa shape index (κ3) is 2.73. The van der Waals surface area contributed by atoms with Crippen LogP contribution in [0.2, 0.25) is 0 Å². The third-order valence-electron chi connectivity index (χ3n) is 5.23. The van der Waals surface area contributed by atoms with Crippen molar-refractivity contribution in [3.05, 3.63) is 0 Å². The molecular weight excluding hydrogens is 226 g/mol. The van der Waals surface area contributed by atoms with Crippen LogP contribution in [0.4, 0.5) is 0 Å². The third-order valence-corrected chi connectivity index (χ3v) is 5.23. The highest BCUT2D eigenvalue weighted by atomic mass is 16.5. The molecule has 2 N–H and O–H groups in total. The second-order valence-electron chi connectivity index (χ2n) is 6.70. The maximum absolute atomic E-state index is 6.50. The van der Waals surface area contributed by atoms with E-state index in [9.17, 15) is 0 Å². The zero-order chi connectivity index (χ0) is 12.5. The van der Waals surface area contributed by atoms with Gasteiger partial charge in [-0.05, 0) is 44.9 Å². The first-order chi connectivity index (χ1) is 8.70. The molecule has 2 aliphatic heterocycles. The van der Waals surface area contributed by atoms with Crippen LogP contribution >= 0.6 is 0 Å². The number of hydrogen-bond donors (Lipinski definition) is 1. The highest BCUT2D eigenvalue weighted by Gasteiger charge is 2.43. The Labute approximate surface area is 110 Å². The Hall–Kier alpha value is -0.120. The van der Waals surface area contributed by atoms with E-state index in [2.05, 4.69) is 0 Å². The topological polar surface area (TPSA) is 44.5 Å². The lowest BCUT2D eigenvalue weighted by Gasteiger charge is -2.37. The molecule has 0 radical (unpaired) electrons. The molecule has 3 aliphatic rings. The molecule has 104 valence electrons. The molecule has 0 bridgehead atoms. The summed E-state index contributed by atoms with van der Waals surface area (Å²) in [7, 11) is 0. The molecule has 1 atom stereocenters. The van der Waals surface area contributed by atoms with Crippen LogP contribution in [-0.4, -0.2) is 30.5 Å². The molecule has 0 aromatic rings. The van der Waals surface area contributed by atoms with Crippen LogP contribution in [0.5, 0.6) is 0 Å². The van der Waals surface area contributed by atoms with Gasteiger partial charge < -0.3 is 15.2 Å². The Kier molecular flexibility index (Phi) is 3.65. The molecule has 1 aliphatic carbocycles. The van der Waals surface area contributed by atoms with E-state index in [1.807, 2.05) is 0 Å². The summed E-state index contributed by atoms with van der Waals surface area (Å²) in [5.41, 5.74) is 6.71. The molecule has 2 saturated heterocycles. The van der Waals surface area contributed by atoms with Gasteiger partial charge in [-0.3, -0.25) is 0 Å². The van der Waals surface area contributed by atoms with Gasteiger partial charge in [0, 0.05) is 18.8 Å². The average Bonchev–Trinajstić information content (AvgIpc) is 2.73. The molecule has 0 aromatic carbocycles. The maximum atomic E-state index is 6.50. The number of nitrogens with two attached hydrogens (primary N) is 1. The van der Waals surface area contributed by atoms with E-state index in [0.29, 0.717) is 6.10 Å². The molecule has 3 fully saturated rings. The summed E-state index contributed by atoms with van der Waals surface area (Å²) in [4.78, 5) is 0. The largest absolute Gasteiger partial charge is 0.381 e. The van der Waals surface area contributed by atoms with Crippen molar-refractivity contribution in [2.75, 3.05) is 13.2 Å². The molecule has 1 saturated carbocycles. The van der Waals surface area contributed by atoms with Gasteiger partial charge in [0.05, 0.1) is 11.7 Å². The van der Waals surface area contributed by atoms with Crippen molar-refractivity contribution in [1.29, 1.82) is 0 Å². The molecule has 0 aromatic heterocycles. The van der Waals surface area contributed by atoms with Gasteiger partial charge in [0.2, 0.25) is 0 Å². The van der Waals surface area contributed by atoms with E-state index in [0.717, 1.165) is 32.5 Å². The molecule has 0 amide bonds. The number of ether oxygens (including phenoxy) is 2.